The number of nitrogens with one attached hydrogen (secondary N) is 3. The van der Waals surface area contributed by atoms with Crippen molar-refractivity contribution in [1.29, 1.82) is 0 Å². The van der Waals surface area contributed by atoms with Gasteiger partial charge in [0.15, 0.2) is 0 Å². The molecule has 0 aromatic carbocycles. The summed E-state index contributed by atoms with van der Waals surface area (Å²) in [5.74, 6) is 1.09. The number of fused-ring (bicyclic) bond motifs is 1. The lowest BCUT2D eigenvalue weighted by Crippen LogP contribution is -2.48. The standard InChI is InChI=1S/C11H20N4O2.ClH/c1-7(10(16)14-11(17)12-2)15-5-8-3-13-4-9(8)6-15;/h7-9,13H,3-6H2,1-2H3,(H2,12,14,16,17);1H/t7?,8-,9+;. The zero-order chi connectivity index (χ0) is 12.4. The summed E-state index contributed by atoms with van der Waals surface area (Å²) in [7, 11) is 1.50. The maximum absolute atomic E-state index is 11.8. The molecule has 0 saturated carbocycles. The molecule has 1 unspecified atom stereocenters. The Labute approximate surface area is 113 Å². The van der Waals surface area contributed by atoms with Gasteiger partial charge < -0.3 is 10.6 Å². The zero-order valence-electron chi connectivity index (χ0n) is 10.7. The smallest absolute Gasteiger partial charge is 0.321 e. The molecule has 2 fully saturated rings. The van der Waals surface area contributed by atoms with Crippen LogP contribution >= 0.6 is 12.4 Å². The number of nitrogens with zero attached hydrogens (tertiary/aromatic N) is 1. The Morgan fingerprint density at radius 1 is 1.28 bits per heavy atom. The highest BCUT2D eigenvalue weighted by Crippen LogP contribution is 2.27. The van der Waals surface area contributed by atoms with Gasteiger partial charge in [0.2, 0.25) is 5.91 Å². The summed E-state index contributed by atoms with van der Waals surface area (Å²) in [6.45, 7) is 5.84. The molecule has 7 heteroatoms. The third kappa shape index (κ3) is 3.13. The maximum Gasteiger partial charge on any atom is 0.321 e. The van der Waals surface area contributed by atoms with Crippen LogP contribution in [0.2, 0.25) is 0 Å². The number of urea groups is 1. The van der Waals surface area contributed by atoms with Gasteiger partial charge >= 0.3 is 6.03 Å². The SMILES string of the molecule is CNC(=O)NC(=O)C(C)N1C[C@H]2CNC[C@H]2C1.Cl. The summed E-state index contributed by atoms with van der Waals surface area (Å²) in [6, 6.07) is -0.680. The van der Waals surface area contributed by atoms with Crippen molar-refractivity contribution in [2.24, 2.45) is 11.8 Å². The fourth-order valence-corrected chi connectivity index (χ4v) is 2.65. The van der Waals surface area contributed by atoms with Crippen LogP contribution in [-0.2, 0) is 4.79 Å². The second-order valence-corrected chi connectivity index (χ2v) is 4.88. The topological polar surface area (TPSA) is 73.5 Å². The van der Waals surface area contributed by atoms with Gasteiger partial charge in [-0.1, -0.05) is 0 Å². The van der Waals surface area contributed by atoms with Crippen LogP contribution in [0, 0.1) is 11.8 Å². The van der Waals surface area contributed by atoms with Crippen LogP contribution in [-0.4, -0.2) is 56.1 Å². The summed E-state index contributed by atoms with van der Waals surface area (Å²) in [5, 5.41) is 8.07. The molecule has 0 radical (unpaired) electrons. The first-order valence-corrected chi connectivity index (χ1v) is 6.09. The van der Waals surface area contributed by atoms with E-state index in [-0.39, 0.29) is 24.4 Å². The lowest BCUT2D eigenvalue weighted by molar-refractivity contribution is -0.124. The van der Waals surface area contributed by atoms with E-state index < -0.39 is 6.03 Å². The van der Waals surface area contributed by atoms with Crippen LogP contribution in [0.4, 0.5) is 4.79 Å². The van der Waals surface area contributed by atoms with Crippen molar-refractivity contribution in [2.75, 3.05) is 33.2 Å². The summed E-state index contributed by atoms with van der Waals surface area (Å²) >= 11 is 0. The average Bonchev–Trinajstić information content (AvgIpc) is 2.87. The Kier molecular flexibility index (Phi) is 5.37. The molecule has 0 aliphatic carbocycles. The summed E-state index contributed by atoms with van der Waals surface area (Å²) in [6.07, 6.45) is 0. The first-order valence-electron chi connectivity index (χ1n) is 6.09. The molecular formula is C11H21ClN4O2. The number of amides is 3. The Morgan fingerprint density at radius 2 is 1.83 bits per heavy atom. The van der Waals surface area contributed by atoms with Crippen LogP contribution in [0.5, 0.6) is 0 Å². The van der Waals surface area contributed by atoms with E-state index in [1.54, 1.807) is 0 Å². The predicted molar refractivity (Wildman–Crippen MR) is 70.7 cm³/mol. The molecule has 3 amide bonds. The molecule has 2 saturated heterocycles. The Hall–Kier alpha value is -0.850. The molecule has 2 rings (SSSR count). The van der Waals surface area contributed by atoms with Gasteiger partial charge in [0.25, 0.3) is 0 Å². The quantitative estimate of drug-likeness (QED) is 0.630. The minimum absolute atomic E-state index is 0. The van der Waals surface area contributed by atoms with Crippen molar-refractivity contribution in [2.45, 2.75) is 13.0 Å². The van der Waals surface area contributed by atoms with E-state index >= 15 is 0 Å². The van der Waals surface area contributed by atoms with E-state index in [1.807, 2.05) is 6.92 Å². The number of likely N-dealkylation sites (tertiary alicyclic amines) is 1. The molecule has 0 aromatic rings. The van der Waals surface area contributed by atoms with Gasteiger partial charge in [-0.25, -0.2) is 4.79 Å². The molecule has 3 N–H and O–H groups in total. The van der Waals surface area contributed by atoms with E-state index in [4.69, 9.17) is 0 Å². The van der Waals surface area contributed by atoms with Crippen molar-refractivity contribution >= 4 is 24.3 Å². The van der Waals surface area contributed by atoms with Gasteiger partial charge in [0.05, 0.1) is 6.04 Å². The number of rotatable bonds is 2. The molecule has 0 bridgehead atoms. The van der Waals surface area contributed by atoms with Crippen molar-refractivity contribution in [3.8, 4) is 0 Å². The summed E-state index contributed by atoms with van der Waals surface area (Å²) in [5.41, 5.74) is 0. The highest BCUT2D eigenvalue weighted by atomic mass is 35.5. The number of carbonyl (C=O) groups is 2. The number of carbonyl (C=O) groups excluding carboxylic acids is 2. The number of hydrogen-bond donors (Lipinski definition) is 3. The Balaban J connectivity index is 0.00000162. The van der Waals surface area contributed by atoms with Crippen LogP contribution in [0.15, 0.2) is 0 Å². The second kappa shape index (κ2) is 6.36. The molecule has 2 aliphatic heterocycles. The molecular weight excluding hydrogens is 256 g/mol. The average molecular weight is 277 g/mol. The minimum atomic E-state index is -0.442. The Morgan fingerprint density at radius 3 is 2.33 bits per heavy atom. The minimum Gasteiger partial charge on any atom is -0.341 e. The third-order valence-electron chi connectivity index (χ3n) is 3.81. The van der Waals surface area contributed by atoms with Crippen molar-refractivity contribution in [1.82, 2.24) is 20.9 Å². The molecule has 0 aromatic heterocycles. The van der Waals surface area contributed by atoms with E-state index in [0.29, 0.717) is 11.8 Å². The molecule has 104 valence electrons. The maximum atomic E-state index is 11.8. The van der Waals surface area contributed by atoms with E-state index in [1.165, 1.54) is 7.05 Å². The lowest BCUT2D eigenvalue weighted by Gasteiger charge is -2.23. The van der Waals surface area contributed by atoms with E-state index in [2.05, 4.69) is 20.9 Å². The highest BCUT2D eigenvalue weighted by molar-refractivity contribution is 5.96. The molecule has 2 heterocycles. The van der Waals surface area contributed by atoms with Crippen molar-refractivity contribution < 1.29 is 9.59 Å². The van der Waals surface area contributed by atoms with E-state index in [0.717, 1.165) is 26.2 Å². The first kappa shape index (κ1) is 15.2. The number of imide groups is 1. The molecule has 18 heavy (non-hydrogen) atoms. The number of halogens is 1. The molecule has 6 nitrogen and oxygen atoms in total. The Bertz CT molecular complexity index is 314. The fourth-order valence-electron chi connectivity index (χ4n) is 2.65. The molecule has 3 atom stereocenters. The largest absolute Gasteiger partial charge is 0.341 e. The van der Waals surface area contributed by atoms with Gasteiger partial charge in [-0.2, -0.15) is 0 Å². The van der Waals surface area contributed by atoms with Gasteiger partial charge in [0, 0.05) is 20.1 Å². The second-order valence-electron chi connectivity index (χ2n) is 4.88. The molecule has 2 aliphatic rings. The van der Waals surface area contributed by atoms with E-state index in [9.17, 15) is 9.59 Å². The van der Waals surface area contributed by atoms with Crippen LogP contribution in [0.1, 0.15) is 6.92 Å². The fraction of sp³-hybridized carbons (Fsp3) is 0.818. The van der Waals surface area contributed by atoms with Crippen LogP contribution < -0.4 is 16.0 Å². The van der Waals surface area contributed by atoms with Crippen molar-refractivity contribution in [3.05, 3.63) is 0 Å². The molecule has 0 spiro atoms. The predicted octanol–water partition coefficient (Wildman–Crippen LogP) is -0.596. The summed E-state index contributed by atoms with van der Waals surface area (Å²) < 4.78 is 0. The van der Waals surface area contributed by atoms with Gasteiger partial charge in [0.1, 0.15) is 0 Å². The number of hydrogen-bond acceptors (Lipinski definition) is 4. The normalized spacial score (nSPS) is 28.1. The van der Waals surface area contributed by atoms with Crippen molar-refractivity contribution in [3.63, 3.8) is 0 Å². The lowest BCUT2D eigenvalue weighted by atomic mass is 10.0. The van der Waals surface area contributed by atoms with Gasteiger partial charge in [-0.05, 0) is 31.8 Å². The first-order chi connectivity index (χ1) is 8.11. The monoisotopic (exact) mass is 276 g/mol. The highest BCUT2D eigenvalue weighted by Gasteiger charge is 2.39. The zero-order valence-corrected chi connectivity index (χ0v) is 11.5. The van der Waals surface area contributed by atoms with Crippen LogP contribution in [0.3, 0.4) is 0 Å². The van der Waals surface area contributed by atoms with Gasteiger partial charge in [-0.3, -0.25) is 15.0 Å². The third-order valence-corrected chi connectivity index (χ3v) is 3.81. The summed E-state index contributed by atoms with van der Waals surface area (Å²) in [4.78, 5) is 25.0. The van der Waals surface area contributed by atoms with Gasteiger partial charge in [-0.15, -0.1) is 12.4 Å². The van der Waals surface area contributed by atoms with Crippen LogP contribution in [0.25, 0.3) is 0 Å².